The first kappa shape index (κ1) is 14.9. The quantitative estimate of drug-likeness (QED) is 0.533. The van der Waals surface area contributed by atoms with Crippen molar-refractivity contribution >= 4 is 11.8 Å². The van der Waals surface area contributed by atoms with Gasteiger partial charge in [-0.2, -0.15) is 0 Å². The Bertz CT molecular complexity index is 229. The van der Waals surface area contributed by atoms with Crippen LogP contribution in [0.2, 0.25) is 0 Å². The van der Waals surface area contributed by atoms with Gasteiger partial charge in [-0.1, -0.05) is 13.8 Å². The van der Waals surface area contributed by atoms with Crippen LogP contribution in [0.3, 0.4) is 0 Å². The fourth-order valence-corrected chi connectivity index (χ4v) is 1.08. The maximum absolute atomic E-state index is 11.5. The third-order valence-electron chi connectivity index (χ3n) is 2.03. The zero-order chi connectivity index (χ0) is 12.6. The molecule has 1 atom stereocenters. The fourth-order valence-electron chi connectivity index (χ4n) is 1.08. The van der Waals surface area contributed by atoms with E-state index in [2.05, 4.69) is 29.8 Å². The van der Waals surface area contributed by atoms with Crippen molar-refractivity contribution in [3.63, 3.8) is 0 Å². The lowest BCUT2D eigenvalue weighted by Gasteiger charge is -2.15. The highest BCUT2D eigenvalue weighted by Gasteiger charge is 2.11. The van der Waals surface area contributed by atoms with E-state index in [1.165, 1.54) is 6.92 Å². The van der Waals surface area contributed by atoms with Crippen molar-refractivity contribution in [3.05, 3.63) is 0 Å². The number of amides is 2. The van der Waals surface area contributed by atoms with Crippen molar-refractivity contribution in [2.24, 2.45) is 5.92 Å². The highest BCUT2D eigenvalue weighted by atomic mass is 16.2. The first-order chi connectivity index (χ1) is 7.43. The molecule has 0 aliphatic carbocycles. The minimum absolute atomic E-state index is 0.00322. The molecule has 0 aromatic carbocycles. The molecule has 2 amide bonds. The van der Waals surface area contributed by atoms with Gasteiger partial charge in [-0.15, -0.1) is 0 Å². The average Bonchev–Trinajstić information content (AvgIpc) is 2.20. The van der Waals surface area contributed by atoms with Crippen LogP contribution in [0.15, 0.2) is 0 Å². The molecule has 3 N–H and O–H groups in total. The zero-order valence-corrected chi connectivity index (χ0v) is 10.6. The number of nitrogens with one attached hydrogen (secondary N) is 3. The number of carbonyl (C=O) groups excluding carboxylic acids is 2. The smallest absolute Gasteiger partial charge is 0.236 e. The highest BCUT2D eigenvalue weighted by Crippen LogP contribution is 1.88. The fraction of sp³-hybridized carbons (Fsp3) is 0.818. The van der Waals surface area contributed by atoms with Crippen LogP contribution < -0.4 is 16.0 Å². The largest absolute Gasteiger partial charge is 0.355 e. The minimum Gasteiger partial charge on any atom is -0.355 e. The van der Waals surface area contributed by atoms with Crippen LogP contribution in [-0.2, 0) is 9.59 Å². The maximum atomic E-state index is 11.5. The van der Waals surface area contributed by atoms with E-state index in [-0.39, 0.29) is 17.9 Å². The van der Waals surface area contributed by atoms with Gasteiger partial charge in [0.1, 0.15) is 0 Å². The van der Waals surface area contributed by atoms with E-state index in [0.29, 0.717) is 25.6 Å². The number of hydrogen-bond donors (Lipinski definition) is 3. The van der Waals surface area contributed by atoms with Gasteiger partial charge >= 0.3 is 0 Å². The normalized spacial score (nSPS) is 12.3. The third-order valence-corrected chi connectivity index (χ3v) is 2.03. The Balaban J connectivity index is 3.59. The molecule has 0 spiro atoms. The molecule has 0 aromatic rings. The van der Waals surface area contributed by atoms with E-state index >= 15 is 0 Å². The van der Waals surface area contributed by atoms with Crippen LogP contribution in [0.1, 0.15) is 27.7 Å². The SMILES string of the molecule is CC(=O)NCCNC(C)C(=O)NCC(C)C. The van der Waals surface area contributed by atoms with Crippen molar-refractivity contribution in [2.75, 3.05) is 19.6 Å². The molecule has 0 rings (SSSR count). The Hall–Kier alpha value is -1.10. The molecule has 0 saturated carbocycles. The second-order valence-corrected chi connectivity index (χ2v) is 4.30. The molecule has 16 heavy (non-hydrogen) atoms. The van der Waals surface area contributed by atoms with Crippen molar-refractivity contribution in [1.82, 2.24) is 16.0 Å². The van der Waals surface area contributed by atoms with E-state index in [0.717, 1.165) is 0 Å². The van der Waals surface area contributed by atoms with Gasteiger partial charge in [0.25, 0.3) is 0 Å². The van der Waals surface area contributed by atoms with Crippen LogP contribution >= 0.6 is 0 Å². The van der Waals surface area contributed by atoms with E-state index in [9.17, 15) is 9.59 Å². The van der Waals surface area contributed by atoms with Gasteiger partial charge in [0, 0.05) is 26.6 Å². The molecular weight excluding hydrogens is 206 g/mol. The lowest BCUT2D eigenvalue weighted by atomic mass is 10.2. The molecule has 0 saturated heterocycles. The van der Waals surface area contributed by atoms with Gasteiger partial charge in [0.2, 0.25) is 11.8 Å². The molecule has 0 radical (unpaired) electrons. The van der Waals surface area contributed by atoms with Crippen LogP contribution in [0.4, 0.5) is 0 Å². The minimum atomic E-state index is -0.229. The van der Waals surface area contributed by atoms with Crippen molar-refractivity contribution in [1.29, 1.82) is 0 Å². The Morgan fingerprint density at radius 1 is 1.06 bits per heavy atom. The first-order valence-electron chi connectivity index (χ1n) is 5.69. The van der Waals surface area contributed by atoms with Gasteiger partial charge in [-0.05, 0) is 12.8 Å². The van der Waals surface area contributed by atoms with Crippen molar-refractivity contribution in [2.45, 2.75) is 33.7 Å². The molecular formula is C11H23N3O2. The molecule has 94 valence electrons. The van der Waals surface area contributed by atoms with E-state index in [4.69, 9.17) is 0 Å². The van der Waals surface area contributed by atoms with Crippen LogP contribution in [0, 0.1) is 5.92 Å². The Morgan fingerprint density at radius 2 is 1.69 bits per heavy atom. The summed E-state index contributed by atoms with van der Waals surface area (Å²) in [5.41, 5.74) is 0. The zero-order valence-electron chi connectivity index (χ0n) is 10.6. The summed E-state index contributed by atoms with van der Waals surface area (Å²) < 4.78 is 0. The van der Waals surface area contributed by atoms with Crippen LogP contribution in [0.5, 0.6) is 0 Å². The summed E-state index contributed by atoms with van der Waals surface area (Å²) in [6.45, 7) is 9.20. The topological polar surface area (TPSA) is 70.2 Å². The number of hydrogen-bond acceptors (Lipinski definition) is 3. The molecule has 1 unspecified atom stereocenters. The van der Waals surface area contributed by atoms with Gasteiger partial charge in [0.05, 0.1) is 6.04 Å². The lowest BCUT2D eigenvalue weighted by molar-refractivity contribution is -0.122. The molecule has 0 aliphatic rings. The average molecular weight is 229 g/mol. The van der Waals surface area contributed by atoms with Gasteiger partial charge in [0.15, 0.2) is 0 Å². The predicted molar refractivity (Wildman–Crippen MR) is 64.0 cm³/mol. The summed E-state index contributed by atoms with van der Waals surface area (Å²) in [6, 6.07) is -0.229. The maximum Gasteiger partial charge on any atom is 0.236 e. The number of rotatable bonds is 7. The second kappa shape index (κ2) is 8.10. The van der Waals surface area contributed by atoms with Crippen molar-refractivity contribution in [3.8, 4) is 0 Å². The Kier molecular flexibility index (Phi) is 7.54. The summed E-state index contributed by atoms with van der Waals surface area (Å²) in [6.07, 6.45) is 0. The molecule has 0 heterocycles. The van der Waals surface area contributed by atoms with Gasteiger partial charge in [-0.25, -0.2) is 0 Å². The Morgan fingerprint density at radius 3 is 2.19 bits per heavy atom. The van der Waals surface area contributed by atoms with Crippen molar-refractivity contribution < 1.29 is 9.59 Å². The summed E-state index contributed by atoms with van der Waals surface area (Å²) in [5, 5.41) is 8.53. The van der Waals surface area contributed by atoms with Gasteiger partial charge in [-0.3, -0.25) is 9.59 Å². The standard InChI is InChI=1S/C11H23N3O2/c1-8(2)7-14-11(16)9(3)12-5-6-13-10(4)15/h8-9,12H,5-7H2,1-4H3,(H,13,15)(H,14,16). The van der Waals surface area contributed by atoms with E-state index in [1.807, 2.05) is 6.92 Å². The molecule has 5 nitrogen and oxygen atoms in total. The monoisotopic (exact) mass is 229 g/mol. The number of carbonyl (C=O) groups is 2. The summed E-state index contributed by atoms with van der Waals surface area (Å²) in [7, 11) is 0. The van der Waals surface area contributed by atoms with E-state index < -0.39 is 0 Å². The molecule has 0 bridgehead atoms. The third kappa shape index (κ3) is 8.23. The molecule has 0 fully saturated rings. The predicted octanol–water partition coefficient (Wildman–Crippen LogP) is -0.127. The summed E-state index contributed by atoms with van der Waals surface area (Å²) in [4.78, 5) is 22.1. The lowest BCUT2D eigenvalue weighted by Crippen LogP contribution is -2.45. The Labute approximate surface area is 97.4 Å². The molecule has 0 aromatic heterocycles. The van der Waals surface area contributed by atoms with Gasteiger partial charge < -0.3 is 16.0 Å². The molecule has 5 heteroatoms. The van der Waals surface area contributed by atoms with Crippen LogP contribution in [0.25, 0.3) is 0 Å². The summed E-state index contributed by atoms with van der Waals surface area (Å²) in [5.74, 6) is 0.394. The van der Waals surface area contributed by atoms with E-state index in [1.54, 1.807) is 0 Å². The first-order valence-corrected chi connectivity index (χ1v) is 5.69. The molecule has 0 aliphatic heterocycles. The van der Waals surface area contributed by atoms with Crippen LogP contribution in [-0.4, -0.2) is 37.5 Å². The highest BCUT2D eigenvalue weighted by molar-refractivity contribution is 5.81. The summed E-state index contributed by atoms with van der Waals surface area (Å²) >= 11 is 0. The second-order valence-electron chi connectivity index (χ2n) is 4.30.